The molecule has 1 aliphatic rings. The zero-order valence-electron chi connectivity index (χ0n) is 15.5. The second-order valence-electron chi connectivity index (χ2n) is 7.13. The van der Waals surface area contributed by atoms with Crippen molar-refractivity contribution in [3.05, 3.63) is 82.5 Å². The summed E-state index contributed by atoms with van der Waals surface area (Å²) < 4.78 is 1.61. The summed E-state index contributed by atoms with van der Waals surface area (Å²) in [5.74, 6) is -0.176. The fraction of sp³-hybridized carbons (Fsp3) is 0.182. The fourth-order valence-electron chi connectivity index (χ4n) is 3.90. The normalized spacial score (nSPS) is 15.8. The monoisotopic (exact) mass is 403 g/mol. The maximum absolute atomic E-state index is 12.9. The molecule has 0 aliphatic heterocycles. The number of hydrogen-bond acceptors (Lipinski definition) is 4. The number of rotatable bonds is 3. The molecule has 29 heavy (non-hydrogen) atoms. The summed E-state index contributed by atoms with van der Waals surface area (Å²) in [6.45, 7) is 0. The molecule has 0 spiro atoms. The summed E-state index contributed by atoms with van der Waals surface area (Å²) in [5, 5.41) is 11.8. The molecule has 0 unspecified atom stereocenters. The molecule has 0 fully saturated rings. The van der Waals surface area contributed by atoms with Crippen LogP contribution >= 0.6 is 11.6 Å². The van der Waals surface area contributed by atoms with Gasteiger partial charge in [0.1, 0.15) is 5.52 Å². The van der Waals surface area contributed by atoms with Crippen molar-refractivity contribution in [3.63, 3.8) is 0 Å². The van der Waals surface area contributed by atoms with Crippen molar-refractivity contribution < 1.29 is 4.79 Å². The molecule has 144 valence electrons. The first-order valence-corrected chi connectivity index (χ1v) is 9.93. The number of fused-ring (bicyclic) bond motifs is 2. The van der Waals surface area contributed by atoms with Gasteiger partial charge in [-0.15, -0.1) is 5.10 Å². The number of carbonyl (C=O) groups excluding carboxylic acids is 1. The molecule has 0 bridgehead atoms. The van der Waals surface area contributed by atoms with Gasteiger partial charge in [0.2, 0.25) is 0 Å². The van der Waals surface area contributed by atoms with Crippen molar-refractivity contribution in [1.82, 2.24) is 25.3 Å². The number of aromatic nitrogens is 4. The van der Waals surface area contributed by atoms with Crippen molar-refractivity contribution in [1.29, 1.82) is 0 Å². The maximum Gasteiger partial charge on any atom is 0.253 e. The van der Waals surface area contributed by atoms with Crippen molar-refractivity contribution in [2.75, 3.05) is 0 Å². The van der Waals surface area contributed by atoms with E-state index in [1.807, 2.05) is 24.3 Å². The van der Waals surface area contributed by atoms with E-state index in [1.165, 1.54) is 11.1 Å². The van der Waals surface area contributed by atoms with Gasteiger partial charge in [-0.3, -0.25) is 4.79 Å². The Balaban J connectivity index is 1.42. The van der Waals surface area contributed by atoms with Gasteiger partial charge in [0.15, 0.2) is 5.65 Å². The standard InChI is InChI=1S/C22H18ClN5O/c23-18-13-15(28-21-20(26-27-28)9-4-12-24-21)10-11-17(18)22(29)25-19-8-3-6-14-5-1-2-7-16(14)19/h1-2,4-5,7,9-13,19H,3,6,8H2,(H,25,29)/t19-/m0/s1. The molecule has 0 radical (unpaired) electrons. The van der Waals surface area contributed by atoms with Crippen molar-refractivity contribution in [2.45, 2.75) is 25.3 Å². The Morgan fingerprint density at radius 3 is 2.93 bits per heavy atom. The van der Waals surface area contributed by atoms with E-state index in [2.05, 4.69) is 32.7 Å². The molecule has 2 heterocycles. The van der Waals surface area contributed by atoms with Gasteiger partial charge in [-0.2, -0.15) is 4.68 Å². The quantitative estimate of drug-likeness (QED) is 0.554. The third-order valence-electron chi connectivity index (χ3n) is 5.33. The van der Waals surface area contributed by atoms with Gasteiger partial charge in [-0.1, -0.05) is 41.1 Å². The molecule has 2 aromatic carbocycles. The minimum atomic E-state index is -0.176. The lowest BCUT2D eigenvalue weighted by atomic mass is 9.87. The van der Waals surface area contributed by atoms with E-state index in [-0.39, 0.29) is 11.9 Å². The zero-order valence-corrected chi connectivity index (χ0v) is 16.3. The van der Waals surface area contributed by atoms with Gasteiger partial charge >= 0.3 is 0 Å². The van der Waals surface area contributed by atoms with Gasteiger partial charge in [-0.05, 0) is 60.7 Å². The highest BCUT2D eigenvalue weighted by Gasteiger charge is 2.23. The molecule has 0 saturated heterocycles. The summed E-state index contributed by atoms with van der Waals surface area (Å²) in [4.78, 5) is 17.2. The van der Waals surface area contributed by atoms with Crippen LogP contribution in [-0.4, -0.2) is 25.9 Å². The van der Waals surface area contributed by atoms with Crippen LogP contribution in [-0.2, 0) is 6.42 Å². The van der Waals surface area contributed by atoms with Crippen molar-refractivity contribution in [2.24, 2.45) is 0 Å². The SMILES string of the molecule is O=C(N[C@H]1CCCc2ccccc21)c1ccc(-n2nnc3cccnc32)cc1Cl. The van der Waals surface area contributed by atoms with Crippen LogP contribution in [0.1, 0.15) is 40.4 Å². The van der Waals surface area contributed by atoms with Crippen LogP contribution in [0.15, 0.2) is 60.8 Å². The second-order valence-corrected chi connectivity index (χ2v) is 7.54. The molecule has 6 nitrogen and oxygen atoms in total. The number of halogens is 1. The number of benzene rings is 2. The summed E-state index contributed by atoms with van der Waals surface area (Å²) >= 11 is 6.47. The smallest absolute Gasteiger partial charge is 0.253 e. The number of carbonyl (C=O) groups is 1. The Kier molecular flexibility index (Phi) is 4.48. The van der Waals surface area contributed by atoms with E-state index >= 15 is 0 Å². The van der Waals surface area contributed by atoms with Crippen LogP contribution in [0.2, 0.25) is 5.02 Å². The third kappa shape index (κ3) is 3.25. The summed E-state index contributed by atoms with van der Waals surface area (Å²) in [6, 6.07) is 17.2. The molecule has 1 N–H and O–H groups in total. The summed E-state index contributed by atoms with van der Waals surface area (Å²) in [7, 11) is 0. The number of nitrogens with zero attached hydrogens (tertiary/aromatic N) is 4. The van der Waals surface area contributed by atoms with Crippen LogP contribution in [0.25, 0.3) is 16.9 Å². The molecule has 2 aromatic heterocycles. The average Bonchev–Trinajstić information content (AvgIpc) is 3.18. The van der Waals surface area contributed by atoms with Gasteiger partial charge in [0.25, 0.3) is 5.91 Å². The predicted molar refractivity (Wildman–Crippen MR) is 111 cm³/mol. The Bertz CT molecular complexity index is 1220. The molecule has 5 rings (SSSR count). The van der Waals surface area contributed by atoms with E-state index in [9.17, 15) is 4.79 Å². The Morgan fingerprint density at radius 1 is 1.14 bits per heavy atom. The summed E-state index contributed by atoms with van der Waals surface area (Å²) in [5.41, 5.74) is 4.98. The Morgan fingerprint density at radius 2 is 2.03 bits per heavy atom. The molecule has 7 heteroatoms. The summed E-state index contributed by atoms with van der Waals surface area (Å²) in [6.07, 6.45) is 4.72. The highest BCUT2D eigenvalue weighted by molar-refractivity contribution is 6.34. The number of hydrogen-bond donors (Lipinski definition) is 1. The lowest BCUT2D eigenvalue weighted by molar-refractivity contribution is 0.0933. The number of amides is 1. The molecular formula is C22H18ClN5O. The molecule has 1 aliphatic carbocycles. The van der Waals surface area contributed by atoms with Gasteiger partial charge in [0.05, 0.1) is 22.3 Å². The van der Waals surface area contributed by atoms with Crippen LogP contribution in [0, 0.1) is 0 Å². The van der Waals surface area contributed by atoms with E-state index < -0.39 is 0 Å². The van der Waals surface area contributed by atoms with Gasteiger partial charge in [-0.25, -0.2) is 4.98 Å². The predicted octanol–water partition coefficient (Wildman–Crippen LogP) is 4.28. The van der Waals surface area contributed by atoms with Crippen LogP contribution in [0.4, 0.5) is 0 Å². The Hall–Kier alpha value is -3.25. The molecule has 4 aromatic rings. The lowest BCUT2D eigenvalue weighted by Crippen LogP contribution is -2.31. The number of pyridine rings is 1. The average molecular weight is 404 g/mol. The van der Waals surface area contributed by atoms with E-state index in [1.54, 1.807) is 29.1 Å². The topological polar surface area (TPSA) is 72.7 Å². The largest absolute Gasteiger partial charge is 0.345 e. The highest BCUT2D eigenvalue weighted by atomic mass is 35.5. The first-order chi connectivity index (χ1) is 14.2. The minimum Gasteiger partial charge on any atom is -0.345 e. The zero-order chi connectivity index (χ0) is 19.8. The first kappa shape index (κ1) is 17.8. The van der Waals surface area contributed by atoms with Gasteiger partial charge < -0.3 is 5.32 Å². The number of nitrogens with one attached hydrogen (secondary N) is 1. The third-order valence-corrected chi connectivity index (χ3v) is 5.64. The first-order valence-electron chi connectivity index (χ1n) is 9.56. The van der Waals surface area contributed by atoms with Crippen LogP contribution < -0.4 is 5.32 Å². The van der Waals surface area contributed by atoms with E-state index in [0.717, 1.165) is 19.3 Å². The van der Waals surface area contributed by atoms with Crippen molar-refractivity contribution in [3.8, 4) is 5.69 Å². The van der Waals surface area contributed by atoms with E-state index in [0.29, 0.717) is 27.4 Å². The lowest BCUT2D eigenvalue weighted by Gasteiger charge is -2.26. The highest BCUT2D eigenvalue weighted by Crippen LogP contribution is 2.30. The van der Waals surface area contributed by atoms with Crippen LogP contribution in [0.5, 0.6) is 0 Å². The molecule has 1 atom stereocenters. The Labute approximate surface area is 172 Å². The van der Waals surface area contributed by atoms with E-state index in [4.69, 9.17) is 11.6 Å². The molecular weight excluding hydrogens is 386 g/mol. The fourth-order valence-corrected chi connectivity index (χ4v) is 4.16. The van der Waals surface area contributed by atoms with Crippen LogP contribution in [0.3, 0.4) is 0 Å². The number of aryl methyl sites for hydroxylation is 1. The second kappa shape index (κ2) is 7.29. The maximum atomic E-state index is 12.9. The molecule has 0 saturated carbocycles. The minimum absolute atomic E-state index is 0.00616. The van der Waals surface area contributed by atoms with Gasteiger partial charge in [0, 0.05) is 6.20 Å². The molecule has 1 amide bonds. The van der Waals surface area contributed by atoms with Crippen molar-refractivity contribution >= 4 is 28.7 Å².